The molecule has 3 heterocycles. The Labute approximate surface area is 137 Å². The molecule has 0 amide bonds. The molecule has 0 aromatic carbocycles. The molecule has 0 unspecified atom stereocenters. The fourth-order valence-electron chi connectivity index (χ4n) is 3.33. The smallest absolute Gasteiger partial charge is 0.214 e. The van der Waals surface area contributed by atoms with Crippen molar-refractivity contribution in [3.8, 4) is 0 Å². The van der Waals surface area contributed by atoms with E-state index in [1.807, 2.05) is 19.1 Å². The molecule has 1 aromatic rings. The van der Waals surface area contributed by atoms with E-state index in [1.54, 1.807) is 11.2 Å². The van der Waals surface area contributed by atoms with Crippen LogP contribution in [-0.2, 0) is 14.8 Å². The van der Waals surface area contributed by atoms with E-state index in [4.69, 9.17) is 4.74 Å². The lowest BCUT2D eigenvalue weighted by Gasteiger charge is -2.47. The van der Waals surface area contributed by atoms with Gasteiger partial charge in [0, 0.05) is 26.2 Å². The number of rotatable bonds is 3. The van der Waals surface area contributed by atoms with Gasteiger partial charge in [0.15, 0.2) is 5.82 Å². The van der Waals surface area contributed by atoms with Crippen LogP contribution in [0.25, 0.3) is 0 Å². The Hall–Kier alpha value is -1.25. The number of aromatic nitrogens is 2. The van der Waals surface area contributed by atoms with Gasteiger partial charge in [-0.15, -0.1) is 5.10 Å². The van der Waals surface area contributed by atoms with Gasteiger partial charge in [-0.25, -0.2) is 8.42 Å². The van der Waals surface area contributed by atoms with Gasteiger partial charge in [0.1, 0.15) is 0 Å². The second-order valence-corrected chi connectivity index (χ2v) is 8.58. The molecule has 7 nitrogen and oxygen atoms in total. The Morgan fingerprint density at radius 1 is 1.26 bits per heavy atom. The maximum absolute atomic E-state index is 12.2. The SMILES string of the molecule is CCS(=O)(=O)N1CCO[C@@]2(CCCN(c3ccc(C)nn3)C2)C1. The van der Waals surface area contributed by atoms with Gasteiger partial charge in [0.2, 0.25) is 10.0 Å². The maximum atomic E-state index is 12.2. The van der Waals surface area contributed by atoms with Gasteiger partial charge < -0.3 is 9.64 Å². The third-order valence-electron chi connectivity index (χ3n) is 4.62. The monoisotopic (exact) mass is 340 g/mol. The first-order valence-corrected chi connectivity index (χ1v) is 9.72. The number of sulfonamides is 1. The van der Waals surface area contributed by atoms with E-state index in [1.165, 1.54) is 0 Å². The normalized spacial score (nSPS) is 26.6. The zero-order valence-electron chi connectivity index (χ0n) is 13.7. The highest BCUT2D eigenvalue weighted by Crippen LogP contribution is 2.31. The fourth-order valence-corrected chi connectivity index (χ4v) is 4.48. The predicted molar refractivity (Wildman–Crippen MR) is 87.9 cm³/mol. The molecule has 3 rings (SSSR count). The van der Waals surface area contributed by atoms with E-state index >= 15 is 0 Å². The zero-order valence-corrected chi connectivity index (χ0v) is 14.5. The van der Waals surface area contributed by atoms with Crippen molar-refractivity contribution < 1.29 is 13.2 Å². The molecule has 2 aliphatic rings. The molecule has 0 bridgehead atoms. The topological polar surface area (TPSA) is 75.6 Å². The molecular formula is C15H24N4O3S. The summed E-state index contributed by atoms with van der Waals surface area (Å²) < 4.78 is 32.0. The third-order valence-corrected chi connectivity index (χ3v) is 6.45. The summed E-state index contributed by atoms with van der Waals surface area (Å²) >= 11 is 0. The predicted octanol–water partition coefficient (Wildman–Crippen LogP) is 0.806. The number of nitrogens with zero attached hydrogens (tertiary/aromatic N) is 4. The van der Waals surface area contributed by atoms with Gasteiger partial charge in [-0.05, 0) is 38.8 Å². The summed E-state index contributed by atoms with van der Waals surface area (Å²) in [6.07, 6.45) is 1.83. The number of hydrogen-bond acceptors (Lipinski definition) is 6. The molecule has 2 fully saturated rings. The molecule has 1 aromatic heterocycles. The second kappa shape index (κ2) is 6.33. The van der Waals surface area contributed by atoms with Crippen LogP contribution >= 0.6 is 0 Å². The molecule has 128 valence electrons. The van der Waals surface area contributed by atoms with Gasteiger partial charge in [0.05, 0.1) is 23.7 Å². The van der Waals surface area contributed by atoms with Crippen molar-refractivity contribution in [3.63, 3.8) is 0 Å². The number of aryl methyl sites for hydroxylation is 1. The van der Waals surface area contributed by atoms with E-state index in [-0.39, 0.29) is 5.75 Å². The van der Waals surface area contributed by atoms with Crippen molar-refractivity contribution in [1.29, 1.82) is 0 Å². The van der Waals surface area contributed by atoms with Crippen molar-refractivity contribution in [3.05, 3.63) is 17.8 Å². The minimum atomic E-state index is -3.18. The Kier molecular flexibility index (Phi) is 4.57. The molecule has 0 N–H and O–H groups in total. The lowest BCUT2D eigenvalue weighted by Crippen LogP contribution is -2.61. The lowest BCUT2D eigenvalue weighted by atomic mass is 9.91. The van der Waals surface area contributed by atoms with Gasteiger partial charge in [-0.1, -0.05) is 0 Å². The summed E-state index contributed by atoms with van der Waals surface area (Å²) in [5.41, 5.74) is 0.445. The van der Waals surface area contributed by atoms with Crippen LogP contribution in [0.5, 0.6) is 0 Å². The molecule has 0 radical (unpaired) electrons. The molecule has 0 aliphatic carbocycles. The van der Waals surface area contributed by atoms with Gasteiger partial charge >= 0.3 is 0 Å². The summed E-state index contributed by atoms with van der Waals surface area (Å²) in [6.45, 7) is 6.47. The maximum Gasteiger partial charge on any atom is 0.214 e. The molecule has 23 heavy (non-hydrogen) atoms. The lowest BCUT2D eigenvalue weighted by molar-refractivity contribution is -0.0950. The van der Waals surface area contributed by atoms with Gasteiger partial charge in [0.25, 0.3) is 0 Å². The summed E-state index contributed by atoms with van der Waals surface area (Å²) in [5, 5.41) is 8.37. The average molecular weight is 340 g/mol. The van der Waals surface area contributed by atoms with Crippen LogP contribution in [0, 0.1) is 6.92 Å². The van der Waals surface area contributed by atoms with Crippen LogP contribution in [-0.4, -0.2) is 67.1 Å². The third kappa shape index (κ3) is 3.49. The Morgan fingerprint density at radius 3 is 2.78 bits per heavy atom. The van der Waals surface area contributed by atoms with Crippen LogP contribution in [0.1, 0.15) is 25.5 Å². The van der Waals surface area contributed by atoms with Crippen LogP contribution in [0.15, 0.2) is 12.1 Å². The van der Waals surface area contributed by atoms with Crippen LogP contribution in [0.4, 0.5) is 5.82 Å². The van der Waals surface area contributed by atoms with E-state index in [0.29, 0.717) is 26.2 Å². The van der Waals surface area contributed by atoms with E-state index in [9.17, 15) is 8.42 Å². The quantitative estimate of drug-likeness (QED) is 0.810. The van der Waals surface area contributed by atoms with Crippen LogP contribution in [0.2, 0.25) is 0 Å². The fraction of sp³-hybridized carbons (Fsp3) is 0.733. The molecule has 2 aliphatic heterocycles. The van der Waals surface area contributed by atoms with Crippen molar-refractivity contribution in [2.24, 2.45) is 0 Å². The highest BCUT2D eigenvalue weighted by molar-refractivity contribution is 7.89. The molecule has 2 saturated heterocycles. The minimum absolute atomic E-state index is 0.135. The summed E-state index contributed by atoms with van der Waals surface area (Å²) in [6, 6.07) is 3.91. The molecule has 1 atom stereocenters. The summed E-state index contributed by atoms with van der Waals surface area (Å²) in [4.78, 5) is 2.15. The first-order valence-electron chi connectivity index (χ1n) is 8.11. The molecule has 0 saturated carbocycles. The molecule has 8 heteroatoms. The van der Waals surface area contributed by atoms with Gasteiger partial charge in [-0.3, -0.25) is 0 Å². The summed E-state index contributed by atoms with van der Waals surface area (Å²) in [7, 11) is -3.18. The number of anilines is 1. The average Bonchev–Trinajstić information content (AvgIpc) is 2.55. The number of piperidine rings is 1. The highest BCUT2D eigenvalue weighted by Gasteiger charge is 2.43. The van der Waals surface area contributed by atoms with E-state index in [0.717, 1.165) is 30.9 Å². The standard InChI is InChI=1S/C15H24N4O3S/c1-3-23(20,21)19-9-10-22-15(12-19)7-4-8-18(11-15)14-6-5-13(2)16-17-14/h5-6H,3-4,7-12H2,1-2H3/t15-/m1/s1. The Bertz CT molecular complexity index is 645. The van der Waals surface area contributed by atoms with Crippen molar-refractivity contribution in [2.75, 3.05) is 43.4 Å². The number of morpholine rings is 1. The van der Waals surface area contributed by atoms with Crippen molar-refractivity contribution >= 4 is 15.8 Å². The molecular weight excluding hydrogens is 316 g/mol. The molecule has 1 spiro atoms. The van der Waals surface area contributed by atoms with Crippen LogP contribution in [0.3, 0.4) is 0 Å². The summed E-state index contributed by atoms with van der Waals surface area (Å²) in [5.74, 6) is 0.963. The second-order valence-electron chi connectivity index (χ2n) is 6.32. The van der Waals surface area contributed by atoms with E-state index in [2.05, 4.69) is 15.1 Å². The first-order chi connectivity index (χ1) is 10.9. The van der Waals surface area contributed by atoms with Crippen LogP contribution < -0.4 is 4.90 Å². The number of ether oxygens (including phenoxy) is 1. The first kappa shape index (κ1) is 16.6. The Balaban J connectivity index is 1.77. The minimum Gasteiger partial charge on any atom is -0.370 e. The van der Waals surface area contributed by atoms with E-state index < -0.39 is 15.6 Å². The van der Waals surface area contributed by atoms with Crippen molar-refractivity contribution in [1.82, 2.24) is 14.5 Å². The Morgan fingerprint density at radius 2 is 2.09 bits per heavy atom. The highest BCUT2D eigenvalue weighted by atomic mass is 32.2. The number of hydrogen-bond donors (Lipinski definition) is 0. The largest absolute Gasteiger partial charge is 0.370 e. The van der Waals surface area contributed by atoms with Crippen molar-refractivity contribution in [2.45, 2.75) is 32.3 Å². The zero-order chi connectivity index (χ0) is 16.5. The van der Waals surface area contributed by atoms with Gasteiger partial charge in [-0.2, -0.15) is 9.40 Å².